The summed E-state index contributed by atoms with van der Waals surface area (Å²) in [5.41, 5.74) is 0.281. The fourth-order valence-electron chi connectivity index (χ4n) is 2.14. The first-order chi connectivity index (χ1) is 9.45. The molecule has 1 aromatic rings. The third-order valence-electron chi connectivity index (χ3n) is 3.12. The van der Waals surface area contributed by atoms with Gasteiger partial charge in [-0.1, -0.05) is 30.1 Å². The SMILES string of the molecule is CCC1SCC(C(=O)O)N1C(=O)c1ccc(Cl)cc1Cl. The Hall–Kier alpha value is -0.910. The van der Waals surface area contributed by atoms with Crippen molar-refractivity contribution in [1.82, 2.24) is 4.90 Å². The molecule has 1 aliphatic heterocycles. The Balaban J connectivity index is 2.36. The first-order valence-corrected chi connectivity index (χ1v) is 7.88. The van der Waals surface area contributed by atoms with E-state index in [9.17, 15) is 14.7 Å². The fourth-order valence-corrected chi connectivity index (χ4v) is 3.98. The maximum absolute atomic E-state index is 12.6. The molecule has 0 aliphatic carbocycles. The van der Waals surface area contributed by atoms with Crippen LogP contribution in [0.2, 0.25) is 10.0 Å². The Morgan fingerprint density at radius 3 is 2.70 bits per heavy atom. The molecular formula is C13H13Cl2NO3S. The number of hydrogen-bond donors (Lipinski definition) is 1. The van der Waals surface area contributed by atoms with Gasteiger partial charge in [0.2, 0.25) is 0 Å². The van der Waals surface area contributed by atoms with Crippen molar-refractivity contribution in [3.63, 3.8) is 0 Å². The Morgan fingerprint density at radius 1 is 1.45 bits per heavy atom. The number of carbonyl (C=O) groups is 2. The van der Waals surface area contributed by atoms with Gasteiger partial charge in [-0.3, -0.25) is 4.79 Å². The number of carboxylic acids is 1. The zero-order chi connectivity index (χ0) is 14.9. The van der Waals surface area contributed by atoms with E-state index in [1.165, 1.54) is 28.8 Å². The van der Waals surface area contributed by atoms with Gasteiger partial charge in [-0.2, -0.15) is 0 Å². The molecular weight excluding hydrogens is 321 g/mol. The minimum absolute atomic E-state index is 0.143. The number of nitrogens with zero attached hydrogens (tertiary/aromatic N) is 1. The summed E-state index contributed by atoms with van der Waals surface area (Å²) in [6, 6.07) is 3.77. The Labute approximate surface area is 131 Å². The number of thioether (sulfide) groups is 1. The largest absolute Gasteiger partial charge is 0.480 e. The molecule has 1 amide bonds. The Kier molecular flexibility index (Phi) is 4.83. The van der Waals surface area contributed by atoms with Crippen LogP contribution in [0.25, 0.3) is 0 Å². The molecule has 20 heavy (non-hydrogen) atoms. The summed E-state index contributed by atoms with van der Waals surface area (Å²) in [5.74, 6) is -0.965. The van der Waals surface area contributed by atoms with Crippen molar-refractivity contribution >= 4 is 46.8 Å². The number of amides is 1. The number of benzene rings is 1. The third kappa shape index (κ3) is 2.90. The van der Waals surface area contributed by atoms with Gasteiger partial charge in [0.05, 0.1) is 16.0 Å². The molecule has 1 aromatic carbocycles. The normalized spacial score (nSPS) is 22.1. The Morgan fingerprint density at radius 2 is 2.15 bits per heavy atom. The van der Waals surface area contributed by atoms with Crippen LogP contribution >= 0.6 is 35.0 Å². The summed E-state index contributed by atoms with van der Waals surface area (Å²) >= 11 is 13.3. The van der Waals surface area contributed by atoms with Gasteiger partial charge < -0.3 is 10.0 Å². The van der Waals surface area contributed by atoms with Crippen LogP contribution in [0.1, 0.15) is 23.7 Å². The van der Waals surface area contributed by atoms with Gasteiger partial charge >= 0.3 is 5.97 Å². The lowest BCUT2D eigenvalue weighted by atomic mass is 10.1. The lowest BCUT2D eigenvalue weighted by Gasteiger charge is -2.27. The van der Waals surface area contributed by atoms with Crippen LogP contribution in [0.4, 0.5) is 0 Å². The highest BCUT2D eigenvalue weighted by Gasteiger charge is 2.41. The number of carbonyl (C=O) groups excluding carboxylic acids is 1. The van der Waals surface area contributed by atoms with Crippen LogP contribution in [0.5, 0.6) is 0 Å². The molecule has 2 atom stereocenters. The van der Waals surface area contributed by atoms with Crippen LogP contribution in [-0.4, -0.2) is 39.1 Å². The second-order valence-electron chi connectivity index (χ2n) is 4.39. The molecule has 0 spiro atoms. The van der Waals surface area contributed by atoms with Gasteiger partial charge in [0.15, 0.2) is 0 Å². The number of hydrogen-bond acceptors (Lipinski definition) is 3. The van der Waals surface area contributed by atoms with E-state index in [4.69, 9.17) is 23.2 Å². The van der Waals surface area contributed by atoms with E-state index >= 15 is 0 Å². The second kappa shape index (κ2) is 6.24. The molecule has 0 saturated carbocycles. The van der Waals surface area contributed by atoms with Gasteiger partial charge in [0.1, 0.15) is 6.04 Å². The molecule has 1 fully saturated rings. The maximum Gasteiger partial charge on any atom is 0.327 e. The molecule has 1 saturated heterocycles. The van der Waals surface area contributed by atoms with Crippen LogP contribution in [0, 0.1) is 0 Å². The summed E-state index contributed by atoms with van der Waals surface area (Å²) in [6.45, 7) is 1.92. The van der Waals surface area contributed by atoms with Crippen molar-refractivity contribution in [1.29, 1.82) is 0 Å². The molecule has 4 nitrogen and oxygen atoms in total. The summed E-state index contributed by atoms with van der Waals surface area (Å²) < 4.78 is 0. The predicted molar refractivity (Wildman–Crippen MR) is 80.6 cm³/mol. The Bertz CT molecular complexity index is 552. The molecule has 108 valence electrons. The quantitative estimate of drug-likeness (QED) is 0.921. The van der Waals surface area contributed by atoms with E-state index in [0.29, 0.717) is 17.2 Å². The maximum atomic E-state index is 12.6. The van der Waals surface area contributed by atoms with Gasteiger partial charge in [-0.05, 0) is 24.6 Å². The number of aliphatic carboxylic acids is 1. The number of carboxylic acid groups (broad SMARTS) is 1. The topological polar surface area (TPSA) is 57.6 Å². The summed E-state index contributed by atoms with van der Waals surface area (Å²) in [7, 11) is 0. The highest BCUT2D eigenvalue weighted by molar-refractivity contribution is 8.00. The smallest absolute Gasteiger partial charge is 0.327 e. The number of rotatable bonds is 3. The van der Waals surface area contributed by atoms with Crippen molar-refractivity contribution < 1.29 is 14.7 Å². The van der Waals surface area contributed by atoms with E-state index in [1.807, 2.05) is 6.92 Å². The zero-order valence-electron chi connectivity index (χ0n) is 10.7. The average molecular weight is 334 g/mol. The van der Waals surface area contributed by atoms with Gasteiger partial charge in [-0.25, -0.2) is 4.79 Å². The molecule has 2 rings (SSSR count). The minimum atomic E-state index is -0.994. The average Bonchev–Trinajstić information content (AvgIpc) is 2.81. The highest BCUT2D eigenvalue weighted by atomic mass is 35.5. The van der Waals surface area contributed by atoms with E-state index in [1.54, 1.807) is 6.07 Å². The molecule has 1 aliphatic rings. The van der Waals surface area contributed by atoms with Crippen molar-refractivity contribution in [3.8, 4) is 0 Å². The monoisotopic (exact) mass is 333 g/mol. The molecule has 1 N–H and O–H groups in total. The van der Waals surface area contributed by atoms with E-state index in [0.717, 1.165) is 0 Å². The summed E-state index contributed by atoms with van der Waals surface area (Å²) in [4.78, 5) is 25.3. The molecule has 1 heterocycles. The van der Waals surface area contributed by atoms with Crippen molar-refractivity contribution in [2.24, 2.45) is 0 Å². The van der Waals surface area contributed by atoms with E-state index in [-0.39, 0.29) is 21.9 Å². The standard InChI is InChI=1S/C13H13Cl2NO3S/c1-2-11-16(10(6-20-11)13(18)19)12(17)8-4-3-7(14)5-9(8)15/h3-5,10-11H,2,6H2,1H3,(H,18,19). The van der Waals surface area contributed by atoms with Crippen molar-refractivity contribution in [2.45, 2.75) is 24.8 Å². The summed E-state index contributed by atoms with van der Waals surface area (Å²) in [5, 5.41) is 9.77. The van der Waals surface area contributed by atoms with Gasteiger partial charge in [0.25, 0.3) is 5.91 Å². The van der Waals surface area contributed by atoms with E-state index < -0.39 is 12.0 Å². The lowest BCUT2D eigenvalue weighted by Crippen LogP contribution is -2.45. The van der Waals surface area contributed by atoms with Crippen LogP contribution < -0.4 is 0 Å². The van der Waals surface area contributed by atoms with Crippen molar-refractivity contribution in [3.05, 3.63) is 33.8 Å². The van der Waals surface area contributed by atoms with Crippen LogP contribution in [-0.2, 0) is 4.79 Å². The molecule has 0 aromatic heterocycles. The molecule has 7 heteroatoms. The van der Waals surface area contributed by atoms with Crippen LogP contribution in [0.3, 0.4) is 0 Å². The first-order valence-electron chi connectivity index (χ1n) is 6.07. The van der Waals surface area contributed by atoms with Gasteiger partial charge in [-0.15, -0.1) is 11.8 Å². The van der Waals surface area contributed by atoms with Gasteiger partial charge in [0, 0.05) is 10.8 Å². The zero-order valence-corrected chi connectivity index (χ0v) is 13.0. The highest BCUT2D eigenvalue weighted by Crippen LogP contribution is 2.34. The summed E-state index contributed by atoms with van der Waals surface area (Å²) in [6.07, 6.45) is 0.686. The van der Waals surface area contributed by atoms with Crippen LogP contribution in [0.15, 0.2) is 18.2 Å². The predicted octanol–water partition coefficient (Wildman–Crippen LogP) is 3.37. The number of halogens is 2. The van der Waals surface area contributed by atoms with Crippen molar-refractivity contribution in [2.75, 3.05) is 5.75 Å². The fraction of sp³-hybridized carbons (Fsp3) is 0.385. The minimum Gasteiger partial charge on any atom is -0.480 e. The third-order valence-corrected chi connectivity index (χ3v) is 5.12. The second-order valence-corrected chi connectivity index (χ2v) is 6.44. The molecule has 2 unspecified atom stereocenters. The lowest BCUT2D eigenvalue weighted by molar-refractivity contribution is -0.141. The molecule has 0 bridgehead atoms. The molecule has 0 radical (unpaired) electrons. The van der Waals surface area contributed by atoms with E-state index in [2.05, 4.69) is 0 Å². The first kappa shape index (κ1) is 15.5.